The number of rotatable bonds is 2. The van der Waals surface area contributed by atoms with E-state index in [1.54, 1.807) is 6.07 Å². The second kappa shape index (κ2) is 4.55. The highest BCUT2D eigenvalue weighted by atomic mass is 16.6. The average molecular weight is 262 g/mol. The summed E-state index contributed by atoms with van der Waals surface area (Å²) in [5.41, 5.74) is 1.13. The van der Waals surface area contributed by atoms with Gasteiger partial charge in [-0.05, 0) is 49.4 Å². The molecule has 0 unspecified atom stereocenters. The maximum absolute atomic E-state index is 11.5. The Morgan fingerprint density at radius 1 is 1.32 bits per heavy atom. The van der Waals surface area contributed by atoms with E-state index < -0.39 is 5.60 Å². The van der Waals surface area contributed by atoms with E-state index in [4.69, 9.17) is 4.74 Å². The Hall–Kier alpha value is -1.51. The van der Waals surface area contributed by atoms with Gasteiger partial charge in [0.2, 0.25) is 0 Å². The first-order valence-corrected chi connectivity index (χ1v) is 6.78. The lowest BCUT2D eigenvalue weighted by molar-refractivity contribution is -0.170. The van der Waals surface area contributed by atoms with Crippen molar-refractivity contribution in [2.75, 3.05) is 0 Å². The zero-order chi connectivity index (χ0) is 14.3. The number of carbonyl (C=O) groups is 1. The largest absolute Gasteiger partial charge is 0.508 e. The van der Waals surface area contributed by atoms with Gasteiger partial charge in [0.05, 0.1) is 0 Å². The van der Waals surface area contributed by atoms with Gasteiger partial charge in [-0.25, -0.2) is 0 Å². The lowest BCUT2D eigenvalue weighted by atomic mass is 9.73. The fourth-order valence-electron chi connectivity index (χ4n) is 3.25. The summed E-state index contributed by atoms with van der Waals surface area (Å²) in [6, 6.07) is 5.49. The van der Waals surface area contributed by atoms with Gasteiger partial charge in [0.15, 0.2) is 0 Å². The van der Waals surface area contributed by atoms with Crippen molar-refractivity contribution in [1.82, 2.24) is 0 Å². The van der Waals surface area contributed by atoms with E-state index in [0.717, 1.165) is 30.4 Å². The van der Waals surface area contributed by atoms with E-state index in [1.807, 2.05) is 19.1 Å². The minimum absolute atomic E-state index is 0.0952. The molecular weight excluding hydrogens is 240 g/mol. The zero-order valence-electron chi connectivity index (χ0n) is 12.1. The number of hydrogen-bond acceptors (Lipinski definition) is 3. The van der Waals surface area contributed by atoms with Gasteiger partial charge in [0, 0.05) is 12.3 Å². The first kappa shape index (κ1) is 13.9. The van der Waals surface area contributed by atoms with Crippen LogP contribution in [0.5, 0.6) is 5.75 Å². The predicted octanol–water partition coefficient (Wildman–Crippen LogP) is 3.67. The van der Waals surface area contributed by atoms with Gasteiger partial charge in [-0.1, -0.05) is 19.9 Å². The number of aromatic hydroxyl groups is 1. The molecule has 1 aliphatic rings. The molecule has 2 rings (SSSR count). The second-order valence-corrected chi connectivity index (χ2v) is 6.16. The molecule has 1 atom stereocenters. The maximum Gasteiger partial charge on any atom is 0.303 e. The normalized spacial score (nSPS) is 25.3. The van der Waals surface area contributed by atoms with E-state index in [0.29, 0.717) is 0 Å². The molecule has 0 spiro atoms. The van der Waals surface area contributed by atoms with Crippen molar-refractivity contribution in [3.63, 3.8) is 0 Å². The highest BCUT2D eigenvalue weighted by Gasteiger charge is 2.52. The van der Waals surface area contributed by atoms with Gasteiger partial charge in [-0.3, -0.25) is 4.79 Å². The lowest BCUT2D eigenvalue weighted by Gasteiger charge is -2.41. The smallest absolute Gasteiger partial charge is 0.303 e. The second-order valence-electron chi connectivity index (χ2n) is 6.16. The van der Waals surface area contributed by atoms with Crippen molar-refractivity contribution in [2.24, 2.45) is 5.41 Å². The molecule has 1 fully saturated rings. The third-order valence-corrected chi connectivity index (χ3v) is 4.40. The quantitative estimate of drug-likeness (QED) is 0.827. The van der Waals surface area contributed by atoms with E-state index >= 15 is 0 Å². The lowest BCUT2D eigenvalue weighted by Crippen LogP contribution is -2.41. The first-order valence-electron chi connectivity index (χ1n) is 6.78. The van der Waals surface area contributed by atoms with Gasteiger partial charge in [-0.15, -0.1) is 0 Å². The molecule has 0 aliphatic heterocycles. The van der Waals surface area contributed by atoms with E-state index in [-0.39, 0.29) is 17.1 Å². The van der Waals surface area contributed by atoms with Gasteiger partial charge < -0.3 is 9.84 Å². The van der Waals surface area contributed by atoms with Crippen LogP contribution in [0.3, 0.4) is 0 Å². The predicted molar refractivity (Wildman–Crippen MR) is 73.9 cm³/mol. The van der Waals surface area contributed by atoms with Crippen molar-refractivity contribution < 1.29 is 14.6 Å². The highest BCUT2D eigenvalue weighted by molar-refractivity contribution is 5.67. The summed E-state index contributed by atoms with van der Waals surface area (Å²) < 4.78 is 5.77. The Bertz CT molecular complexity index is 505. The number of phenols is 1. The Kier molecular flexibility index (Phi) is 3.33. The average Bonchev–Trinajstić information content (AvgIpc) is 2.58. The summed E-state index contributed by atoms with van der Waals surface area (Å²) >= 11 is 0. The summed E-state index contributed by atoms with van der Waals surface area (Å²) in [4.78, 5) is 11.5. The number of phenolic OH excluding ortho intramolecular Hbond substituents is 1. The molecule has 1 aromatic rings. The molecule has 1 aromatic carbocycles. The third kappa shape index (κ3) is 2.22. The molecule has 1 saturated carbocycles. The number of esters is 1. The fraction of sp³-hybridized carbons (Fsp3) is 0.562. The number of aryl methyl sites for hydroxylation is 1. The SMILES string of the molecule is CC(=O)O[C@]1(c2ccc(O)c(C)c2)CCCC1(C)C. The minimum atomic E-state index is -0.572. The number of ether oxygens (including phenoxy) is 1. The number of benzene rings is 1. The third-order valence-electron chi connectivity index (χ3n) is 4.40. The molecule has 1 N–H and O–H groups in total. The zero-order valence-corrected chi connectivity index (χ0v) is 12.1. The van der Waals surface area contributed by atoms with Gasteiger partial charge >= 0.3 is 5.97 Å². The van der Waals surface area contributed by atoms with Crippen LogP contribution in [0.15, 0.2) is 18.2 Å². The van der Waals surface area contributed by atoms with Crippen LogP contribution in [-0.4, -0.2) is 11.1 Å². The van der Waals surface area contributed by atoms with E-state index in [1.165, 1.54) is 6.92 Å². The topological polar surface area (TPSA) is 46.5 Å². The van der Waals surface area contributed by atoms with Crippen LogP contribution in [-0.2, 0) is 15.1 Å². The summed E-state index contributed by atoms with van der Waals surface area (Å²) in [5.74, 6) is 0.0261. The molecule has 0 radical (unpaired) electrons. The molecule has 0 saturated heterocycles. The van der Waals surface area contributed by atoms with Crippen LogP contribution in [0.25, 0.3) is 0 Å². The summed E-state index contributed by atoms with van der Waals surface area (Å²) in [6.07, 6.45) is 2.91. The number of carbonyl (C=O) groups excluding carboxylic acids is 1. The molecule has 104 valence electrons. The fourth-order valence-corrected chi connectivity index (χ4v) is 3.25. The summed E-state index contributed by atoms with van der Waals surface area (Å²) in [7, 11) is 0. The molecule has 0 amide bonds. The van der Waals surface area contributed by atoms with Gasteiger partial charge in [-0.2, -0.15) is 0 Å². The van der Waals surface area contributed by atoms with Crippen LogP contribution in [0, 0.1) is 12.3 Å². The highest BCUT2D eigenvalue weighted by Crippen LogP contribution is 2.55. The molecule has 0 bridgehead atoms. The Morgan fingerprint density at radius 2 is 2.00 bits per heavy atom. The minimum Gasteiger partial charge on any atom is -0.508 e. The van der Waals surface area contributed by atoms with Crippen LogP contribution >= 0.6 is 0 Å². The molecule has 0 heterocycles. The Balaban J connectivity index is 2.54. The van der Waals surface area contributed by atoms with Crippen LogP contribution in [0.4, 0.5) is 0 Å². The van der Waals surface area contributed by atoms with Crippen molar-refractivity contribution in [1.29, 1.82) is 0 Å². The van der Waals surface area contributed by atoms with Crippen molar-refractivity contribution >= 4 is 5.97 Å². The van der Waals surface area contributed by atoms with Crippen molar-refractivity contribution in [3.8, 4) is 5.75 Å². The van der Waals surface area contributed by atoms with Gasteiger partial charge in [0.1, 0.15) is 11.4 Å². The molecule has 3 heteroatoms. The monoisotopic (exact) mass is 262 g/mol. The van der Waals surface area contributed by atoms with Crippen LogP contribution < -0.4 is 0 Å². The molecule has 19 heavy (non-hydrogen) atoms. The molecule has 1 aliphatic carbocycles. The van der Waals surface area contributed by atoms with E-state index in [2.05, 4.69) is 13.8 Å². The summed E-state index contributed by atoms with van der Waals surface area (Å²) in [5, 5.41) is 9.67. The Labute approximate surface area is 114 Å². The van der Waals surface area contributed by atoms with Crippen LogP contribution in [0.1, 0.15) is 51.2 Å². The maximum atomic E-state index is 11.5. The molecule has 3 nitrogen and oxygen atoms in total. The first-order chi connectivity index (χ1) is 8.78. The number of hydrogen-bond donors (Lipinski definition) is 1. The Morgan fingerprint density at radius 3 is 2.47 bits per heavy atom. The van der Waals surface area contributed by atoms with Crippen molar-refractivity contribution in [3.05, 3.63) is 29.3 Å². The van der Waals surface area contributed by atoms with Crippen LogP contribution in [0.2, 0.25) is 0 Å². The van der Waals surface area contributed by atoms with Gasteiger partial charge in [0.25, 0.3) is 0 Å². The standard InChI is InChI=1S/C16H22O3/c1-11-10-13(6-7-14(11)18)16(19-12(2)17)9-5-8-15(16,3)4/h6-7,10,18H,5,8-9H2,1-4H3/t16-/m0/s1. The van der Waals surface area contributed by atoms with Crippen molar-refractivity contribution in [2.45, 2.75) is 52.6 Å². The van der Waals surface area contributed by atoms with E-state index in [9.17, 15) is 9.90 Å². The summed E-state index contributed by atoms with van der Waals surface area (Å²) in [6.45, 7) is 7.61. The molecule has 0 aromatic heterocycles. The molecular formula is C16H22O3.